The SMILES string of the molecule is CC(C)N1CC(Cn2c(-c3ccccc3)c(C3CCCCC3)c3sc(C(=O)O)cc32)NS1(=O)=O. The zero-order chi connectivity index (χ0) is 24.0. The number of carbonyl (C=O) groups is 1. The average molecular weight is 502 g/mol. The molecule has 3 aromatic rings. The van der Waals surface area contributed by atoms with Crippen molar-refractivity contribution in [1.29, 1.82) is 0 Å². The lowest BCUT2D eigenvalue weighted by Crippen LogP contribution is -2.35. The molecule has 0 radical (unpaired) electrons. The predicted molar refractivity (Wildman–Crippen MR) is 136 cm³/mol. The fourth-order valence-electron chi connectivity index (χ4n) is 5.56. The number of aromatic nitrogens is 1. The van der Waals surface area contributed by atoms with Crippen molar-refractivity contribution in [2.75, 3.05) is 6.54 Å². The first-order chi connectivity index (χ1) is 16.3. The third-order valence-corrected chi connectivity index (χ3v) is 10.0. The summed E-state index contributed by atoms with van der Waals surface area (Å²) in [5.41, 5.74) is 4.32. The van der Waals surface area contributed by atoms with E-state index in [1.54, 1.807) is 6.07 Å². The quantitative estimate of drug-likeness (QED) is 0.495. The van der Waals surface area contributed by atoms with Crippen molar-refractivity contribution >= 4 is 37.7 Å². The second-order valence-electron chi connectivity index (χ2n) is 9.69. The molecule has 182 valence electrons. The topological polar surface area (TPSA) is 91.6 Å². The van der Waals surface area contributed by atoms with Gasteiger partial charge in [-0.3, -0.25) is 0 Å². The Bertz CT molecular complexity index is 1300. The highest BCUT2D eigenvalue weighted by molar-refractivity contribution is 7.87. The largest absolute Gasteiger partial charge is 0.477 e. The van der Waals surface area contributed by atoms with Crippen LogP contribution in [0.2, 0.25) is 0 Å². The Morgan fingerprint density at radius 2 is 1.88 bits per heavy atom. The summed E-state index contributed by atoms with van der Waals surface area (Å²) < 4.78 is 32.9. The zero-order valence-electron chi connectivity index (χ0n) is 19.5. The number of rotatable bonds is 6. The Morgan fingerprint density at radius 1 is 1.18 bits per heavy atom. The lowest BCUT2D eigenvalue weighted by Gasteiger charge is -2.24. The van der Waals surface area contributed by atoms with Crippen LogP contribution in [0.1, 0.15) is 67.1 Å². The summed E-state index contributed by atoms with van der Waals surface area (Å²) in [7, 11) is -3.53. The maximum absolute atomic E-state index is 12.7. The average Bonchev–Trinajstić information content (AvgIpc) is 3.45. The molecule has 1 aliphatic carbocycles. The molecule has 2 aromatic heterocycles. The van der Waals surface area contributed by atoms with Crippen LogP contribution in [0.25, 0.3) is 21.5 Å². The highest BCUT2D eigenvalue weighted by Gasteiger charge is 2.38. The van der Waals surface area contributed by atoms with E-state index in [-0.39, 0.29) is 12.1 Å². The molecule has 0 bridgehead atoms. The molecular weight excluding hydrogens is 470 g/mol. The van der Waals surface area contributed by atoms with E-state index < -0.39 is 16.2 Å². The number of nitrogens with one attached hydrogen (secondary N) is 1. The minimum Gasteiger partial charge on any atom is -0.477 e. The zero-order valence-corrected chi connectivity index (χ0v) is 21.2. The van der Waals surface area contributed by atoms with Crippen molar-refractivity contribution in [3.63, 3.8) is 0 Å². The molecule has 1 saturated carbocycles. The normalized spacial score (nSPS) is 21.6. The number of benzene rings is 1. The van der Waals surface area contributed by atoms with Gasteiger partial charge in [0.05, 0.1) is 22.0 Å². The second kappa shape index (κ2) is 9.11. The molecule has 1 atom stereocenters. The van der Waals surface area contributed by atoms with Gasteiger partial charge < -0.3 is 9.67 Å². The molecule has 2 aliphatic rings. The molecular formula is C25H31N3O4S2. The molecule has 2 N–H and O–H groups in total. The van der Waals surface area contributed by atoms with Crippen molar-refractivity contribution in [1.82, 2.24) is 13.6 Å². The number of aromatic carboxylic acids is 1. The van der Waals surface area contributed by atoms with E-state index in [4.69, 9.17) is 0 Å². The molecule has 9 heteroatoms. The summed E-state index contributed by atoms with van der Waals surface area (Å²) in [5, 5.41) is 9.73. The van der Waals surface area contributed by atoms with Gasteiger partial charge in [-0.1, -0.05) is 49.6 Å². The van der Waals surface area contributed by atoms with Crippen LogP contribution in [-0.4, -0.2) is 47.0 Å². The number of hydrogen-bond acceptors (Lipinski definition) is 4. The number of thiophene rings is 1. The van der Waals surface area contributed by atoms with Crippen molar-refractivity contribution in [2.24, 2.45) is 0 Å². The first-order valence-electron chi connectivity index (χ1n) is 12.0. The van der Waals surface area contributed by atoms with Crippen LogP contribution in [0, 0.1) is 0 Å². The Morgan fingerprint density at radius 3 is 2.50 bits per heavy atom. The van der Waals surface area contributed by atoms with Crippen LogP contribution >= 0.6 is 11.3 Å². The lowest BCUT2D eigenvalue weighted by atomic mass is 9.83. The summed E-state index contributed by atoms with van der Waals surface area (Å²) in [4.78, 5) is 12.2. The molecule has 0 spiro atoms. The summed E-state index contributed by atoms with van der Waals surface area (Å²) in [6, 6.07) is 11.6. The molecule has 3 heterocycles. The van der Waals surface area contributed by atoms with Gasteiger partial charge in [0.15, 0.2) is 0 Å². The van der Waals surface area contributed by atoms with Crippen LogP contribution in [0.4, 0.5) is 0 Å². The second-order valence-corrected chi connectivity index (χ2v) is 12.4. The van der Waals surface area contributed by atoms with Gasteiger partial charge in [0.2, 0.25) is 0 Å². The molecule has 34 heavy (non-hydrogen) atoms. The van der Waals surface area contributed by atoms with Crippen LogP contribution in [-0.2, 0) is 16.8 Å². The lowest BCUT2D eigenvalue weighted by molar-refractivity contribution is 0.0702. The monoisotopic (exact) mass is 501 g/mol. The minimum absolute atomic E-state index is 0.127. The number of nitrogens with zero attached hydrogens (tertiary/aromatic N) is 2. The maximum atomic E-state index is 12.7. The smallest absolute Gasteiger partial charge is 0.345 e. The van der Waals surface area contributed by atoms with E-state index in [9.17, 15) is 18.3 Å². The summed E-state index contributed by atoms with van der Waals surface area (Å²) in [6.07, 6.45) is 5.77. The number of carboxylic acid groups (broad SMARTS) is 1. The van der Waals surface area contributed by atoms with Crippen molar-refractivity contribution in [3.8, 4) is 11.3 Å². The third-order valence-electron chi connectivity index (χ3n) is 7.05. The summed E-state index contributed by atoms with van der Waals surface area (Å²) in [5.74, 6) is -0.545. The van der Waals surface area contributed by atoms with E-state index in [1.165, 1.54) is 40.5 Å². The summed E-state index contributed by atoms with van der Waals surface area (Å²) in [6.45, 7) is 4.60. The molecule has 1 saturated heterocycles. The fraction of sp³-hybridized carbons (Fsp3) is 0.480. The third kappa shape index (κ3) is 4.19. The molecule has 7 nitrogen and oxygen atoms in total. The van der Waals surface area contributed by atoms with Crippen LogP contribution in [0.5, 0.6) is 0 Å². The Kier molecular flexibility index (Phi) is 6.31. The fourth-order valence-corrected chi connectivity index (χ4v) is 8.32. The molecule has 5 rings (SSSR count). The van der Waals surface area contributed by atoms with E-state index in [0.717, 1.165) is 34.3 Å². The highest BCUT2D eigenvalue weighted by atomic mass is 32.2. The van der Waals surface area contributed by atoms with Gasteiger partial charge in [-0.05, 0) is 49.8 Å². The Balaban J connectivity index is 1.68. The van der Waals surface area contributed by atoms with Crippen molar-refractivity contribution in [2.45, 2.75) is 70.5 Å². The van der Waals surface area contributed by atoms with Gasteiger partial charge in [-0.15, -0.1) is 11.3 Å². The Hall–Kier alpha value is -2.20. The van der Waals surface area contributed by atoms with E-state index >= 15 is 0 Å². The molecule has 1 unspecified atom stereocenters. The number of hydrogen-bond donors (Lipinski definition) is 2. The van der Waals surface area contributed by atoms with Crippen LogP contribution in [0.15, 0.2) is 36.4 Å². The van der Waals surface area contributed by atoms with Gasteiger partial charge in [-0.25, -0.2) is 4.79 Å². The van der Waals surface area contributed by atoms with Crippen LogP contribution in [0.3, 0.4) is 0 Å². The molecule has 1 aliphatic heterocycles. The van der Waals surface area contributed by atoms with Crippen LogP contribution < -0.4 is 4.72 Å². The Labute approximate surface area is 204 Å². The first-order valence-corrected chi connectivity index (χ1v) is 14.3. The van der Waals surface area contributed by atoms with Gasteiger partial charge in [0, 0.05) is 19.1 Å². The van der Waals surface area contributed by atoms with E-state index in [1.807, 2.05) is 32.0 Å². The molecule has 2 fully saturated rings. The van der Waals surface area contributed by atoms with E-state index in [2.05, 4.69) is 21.4 Å². The van der Waals surface area contributed by atoms with Gasteiger partial charge >= 0.3 is 5.97 Å². The highest BCUT2D eigenvalue weighted by Crippen LogP contribution is 2.47. The predicted octanol–water partition coefficient (Wildman–Crippen LogP) is 5.04. The van der Waals surface area contributed by atoms with Gasteiger partial charge in [-0.2, -0.15) is 17.4 Å². The summed E-state index contributed by atoms with van der Waals surface area (Å²) >= 11 is 1.35. The molecule has 0 amide bonds. The number of carboxylic acids is 1. The maximum Gasteiger partial charge on any atom is 0.345 e. The first kappa shape index (κ1) is 23.5. The van der Waals surface area contributed by atoms with Crippen molar-refractivity contribution in [3.05, 3.63) is 46.8 Å². The number of fused-ring (bicyclic) bond motifs is 1. The van der Waals surface area contributed by atoms with Gasteiger partial charge in [0.1, 0.15) is 4.88 Å². The molecule has 1 aromatic carbocycles. The van der Waals surface area contributed by atoms with Crippen molar-refractivity contribution < 1.29 is 18.3 Å². The van der Waals surface area contributed by atoms with E-state index in [0.29, 0.717) is 23.9 Å². The van der Waals surface area contributed by atoms with Gasteiger partial charge in [0.25, 0.3) is 10.2 Å². The minimum atomic E-state index is -3.53. The standard InChI is InChI=1S/C25H31N3O4S2/c1-16(2)28-15-19(26-34(28,31)32)14-27-20-13-21(25(29)30)33-24(20)22(17-9-5-3-6-10-17)23(27)18-11-7-4-8-12-18/h4,7-8,11-13,16-17,19,26H,3,5-6,9-10,14-15H2,1-2H3,(H,29,30).